The largest absolute Gasteiger partial charge is 0.489 e. The third-order valence-electron chi connectivity index (χ3n) is 9.35. The van der Waals surface area contributed by atoms with E-state index < -0.39 is 11.8 Å². The van der Waals surface area contributed by atoms with Gasteiger partial charge in [-0.05, 0) is 97.0 Å². The molecule has 1 aliphatic heterocycles. The summed E-state index contributed by atoms with van der Waals surface area (Å²) in [6.07, 6.45) is 7.24. The Morgan fingerprint density at radius 3 is 2.27 bits per heavy atom. The molecule has 1 saturated heterocycles. The van der Waals surface area contributed by atoms with E-state index in [4.69, 9.17) is 21.3 Å². The van der Waals surface area contributed by atoms with E-state index in [9.17, 15) is 14.7 Å². The highest BCUT2D eigenvalue weighted by atomic mass is 35.5. The van der Waals surface area contributed by atoms with Crippen LogP contribution in [0.4, 0.5) is 4.39 Å². The van der Waals surface area contributed by atoms with Crippen molar-refractivity contribution in [1.29, 1.82) is 0 Å². The first-order chi connectivity index (χ1) is 22.9. The lowest BCUT2D eigenvalue weighted by atomic mass is 9.94. The van der Waals surface area contributed by atoms with Crippen LogP contribution in [0.1, 0.15) is 77.3 Å². The number of imidazole rings is 1. The Kier molecular flexibility index (Phi) is 10.0. The number of aromatic carboxylic acids is 1. The average molecular weight is 689 g/mol. The van der Waals surface area contributed by atoms with Crippen LogP contribution in [0.25, 0.3) is 33.5 Å². The molecule has 5 aromatic rings. The first-order valence-corrected chi connectivity index (χ1v) is 16.6. The molecule has 0 bridgehead atoms. The molecule has 10 heteroatoms. The van der Waals surface area contributed by atoms with Crippen molar-refractivity contribution in [1.82, 2.24) is 14.5 Å². The van der Waals surface area contributed by atoms with Crippen LogP contribution in [0.15, 0.2) is 78.9 Å². The predicted octanol–water partition coefficient (Wildman–Crippen LogP) is 9.60. The number of carboxylic acid groups (broad SMARTS) is 1. The maximum absolute atomic E-state index is 16.0. The summed E-state index contributed by atoms with van der Waals surface area (Å²) in [4.78, 5) is 31.5. The minimum atomic E-state index is -1.03. The quantitative estimate of drug-likeness (QED) is 0.176. The number of fused-ring (bicyclic) bond motifs is 1. The van der Waals surface area contributed by atoms with Gasteiger partial charge in [-0.25, -0.2) is 14.2 Å². The highest BCUT2D eigenvalue weighted by Crippen LogP contribution is 2.38. The number of hydrogen-bond donors (Lipinski definition) is 1. The van der Waals surface area contributed by atoms with Crippen LogP contribution in [-0.2, 0) is 6.61 Å². The summed E-state index contributed by atoms with van der Waals surface area (Å²) in [7, 11) is 0. The van der Waals surface area contributed by atoms with E-state index in [2.05, 4.69) is 4.57 Å². The first-order valence-electron chi connectivity index (χ1n) is 16.2. The van der Waals surface area contributed by atoms with Crippen molar-refractivity contribution < 1.29 is 23.8 Å². The summed E-state index contributed by atoms with van der Waals surface area (Å²) in [5.74, 6) is -0.685. The van der Waals surface area contributed by atoms with Gasteiger partial charge in [-0.1, -0.05) is 49.1 Å². The number of aromatic nitrogens is 2. The molecule has 1 aliphatic carbocycles. The average Bonchev–Trinajstić information content (AvgIpc) is 3.76. The number of carbonyl (C=O) groups excluding carboxylic acids is 1. The molecule has 48 heavy (non-hydrogen) atoms. The SMILES string of the molecule is Cl.O=C(O)c1ccc2c(c1)nc(-c1ccc(OCc3cc(C(=O)N4CCCC4)ccc3-c3ccc(Cl)cc3)cc1F)n2C1CCCCC1. The number of rotatable bonds is 8. The molecule has 1 amide bonds. The lowest BCUT2D eigenvalue weighted by Crippen LogP contribution is -2.27. The van der Waals surface area contributed by atoms with Crippen molar-refractivity contribution in [3.05, 3.63) is 106 Å². The maximum Gasteiger partial charge on any atom is 0.335 e. The third-order valence-corrected chi connectivity index (χ3v) is 9.60. The lowest BCUT2D eigenvalue weighted by Gasteiger charge is -2.25. The van der Waals surface area contributed by atoms with Gasteiger partial charge in [-0.15, -0.1) is 12.4 Å². The molecular weight excluding hydrogens is 652 g/mol. The zero-order valence-electron chi connectivity index (χ0n) is 26.3. The molecule has 1 aromatic heterocycles. The molecule has 2 heterocycles. The normalized spacial score (nSPS) is 15.0. The number of carboxylic acids is 1. The van der Waals surface area contributed by atoms with Gasteiger partial charge < -0.3 is 19.3 Å². The second-order valence-corrected chi connectivity index (χ2v) is 12.9. The summed E-state index contributed by atoms with van der Waals surface area (Å²) in [5, 5.41) is 10.2. The van der Waals surface area contributed by atoms with E-state index in [1.165, 1.54) is 6.07 Å². The smallest absolute Gasteiger partial charge is 0.335 e. The summed E-state index contributed by atoms with van der Waals surface area (Å²) < 4.78 is 24.2. The van der Waals surface area contributed by atoms with E-state index in [1.807, 2.05) is 47.4 Å². The van der Waals surface area contributed by atoms with E-state index in [0.29, 0.717) is 33.2 Å². The van der Waals surface area contributed by atoms with Crippen molar-refractivity contribution in [3.8, 4) is 28.3 Å². The Labute approximate surface area is 289 Å². The third kappa shape index (κ3) is 6.78. The predicted molar refractivity (Wildman–Crippen MR) is 188 cm³/mol. The molecule has 0 unspecified atom stereocenters. The van der Waals surface area contributed by atoms with Crippen molar-refractivity contribution in [2.45, 2.75) is 57.6 Å². The second kappa shape index (κ2) is 14.4. The molecule has 7 rings (SSSR count). The summed E-state index contributed by atoms with van der Waals surface area (Å²) in [6, 6.07) is 23.0. The summed E-state index contributed by atoms with van der Waals surface area (Å²) in [5.41, 5.74) is 5.04. The van der Waals surface area contributed by atoms with Crippen LogP contribution in [0, 0.1) is 5.82 Å². The molecule has 2 aliphatic rings. The number of ether oxygens (including phenoxy) is 1. The van der Waals surface area contributed by atoms with Gasteiger partial charge in [-0.2, -0.15) is 0 Å². The van der Waals surface area contributed by atoms with Gasteiger partial charge in [-0.3, -0.25) is 4.79 Å². The molecule has 1 N–H and O–H groups in total. The van der Waals surface area contributed by atoms with Gasteiger partial charge in [0.1, 0.15) is 24.0 Å². The molecule has 0 spiro atoms. The van der Waals surface area contributed by atoms with Crippen molar-refractivity contribution in [2.24, 2.45) is 0 Å². The topological polar surface area (TPSA) is 84.7 Å². The number of amides is 1. The highest BCUT2D eigenvalue weighted by Gasteiger charge is 2.25. The molecule has 248 valence electrons. The second-order valence-electron chi connectivity index (χ2n) is 12.4. The van der Waals surface area contributed by atoms with Gasteiger partial charge in [0.05, 0.1) is 22.2 Å². The molecule has 0 atom stereocenters. The van der Waals surface area contributed by atoms with Gasteiger partial charge in [0.2, 0.25) is 0 Å². The minimum absolute atomic E-state index is 0. The number of likely N-dealkylation sites (tertiary alicyclic amines) is 1. The number of carbonyl (C=O) groups is 2. The monoisotopic (exact) mass is 687 g/mol. The van der Waals surface area contributed by atoms with Crippen LogP contribution < -0.4 is 4.74 Å². The highest BCUT2D eigenvalue weighted by molar-refractivity contribution is 6.30. The van der Waals surface area contributed by atoms with E-state index >= 15 is 4.39 Å². The lowest BCUT2D eigenvalue weighted by molar-refractivity contribution is 0.0696. The summed E-state index contributed by atoms with van der Waals surface area (Å²) in [6.45, 7) is 1.63. The van der Waals surface area contributed by atoms with Crippen molar-refractivity contribution in [3.63, 3.8) is 0 Å². The van der Waals surface area contributed by atoms with Crippen LogP contribution in [0.3, 0.4) is 0 Å². The zero-order chi connectivity index (χ0) is 32.5. The fraction of sp³-hybridized carbons (Fsp3) is 0.289. The zero-order valence-corrected chi connectivity index (χ0v) is 27.9. The molecular formula is C38H36Cl2FN3O4. The number of hydrogen-bond acceptors (Lipinski definition) is 4. The van der Waals surface area contributed by atoms with E-state index in [-0.39, 0.29) is 36.5 Å². The Morgan fingerprint density at radius 2 is 1.56 bits per heavy atom. The minimum Gasteiger partial charge on any atom is -0.489 e. The van der Waals surface area contributed by atoms with Gasteiger partial charge in [0.25, 0.3) is 5.91 Å². The molecule has 1 saturated carbocycles. The molecule has 2 fully saturated rings. The molecule has 4 aromatic carbocycles. The van der Waals surface area contributed by atoms with Crippen molar-refractivity contribution >= 4 is 46.9 Å². The molecule has 7 nitrogen and oxygen atoms in total. The standard InChI is InChI=1S/C38H35ClFN3O4.ClH/c39-28-12-8-24(9-13-28)31-15-10-25(37(44)42-18-4-5-19-42)20-27(31)23-47-30-14-16-32(33(40)22-30)36-41-34-21-26(38(45)46)11-17-35(34)43(36)29-6-2-1-3-7-29;/h8-17,20-22,29H,1-7,18-19,23H2,(H,45,46);1H. The van der Waals surface area contributed by atoms with E-state index in [1.54, 1.807) is 30.3 Å². The number of benzene rings is 4. The van der Waals surface area contributed by atoms with E-state index in [0.717, 1.165) is 80.2 Å². The van der Waals surface area contributed by atoms with Crippen LogP contribution in [0.5, 0.6) is 5.75 Å². The van der Waals surface area contributed by atoms with Crippen molar-refractivity contribution in [2.75, 3.05) is 13.1 Å². The maximum atomic E-state index is 16.0. The Bertz CT molecular complexity index is 1970. The fourth-order valence-electron chi connectivity index (χ4n) is 6.92. The van der Waals surface area contributed by atoms with Gasteiger partial charge in [0, 0.05) is 35.8 Å². The summed E-state index contributed by atoms with van der Waals surface area (Å²) >= 11 is 6.15. The Morgan fingerprint density at radius 1 is 0.854 bits per heavy atom. The first kappa shape index (κ1) is 33.5. The van der Waals surface area contributed by atoms with Crippen LogP contribution >= 0.6 is 24.0 Å². The Balaban J connectivity index is 0.00000401. The Hall–Kier alpha value is -4.40. The van der Waals surface area contributed by atoms with Gasteiger partial charge in [0.15, 0.2) is 0 Å². The molecule has 0 radical (unpaired) electrons. The number of halogens is 3. The fourth-order valence-corrected chi connectivity index (χ4v) is 7.04. The van der Waals surface area contributed by atoms with Crippen LogP contribution in [0.2, 0.25) is 5.02 Å². The number of nitrogens with zero attached hydrogens (tertiary/aromatic N) is 3. The van der Waals surface area contributed by atoms with Gasteiger partial charge >= 0.3 is 5.97 Å². The van der Waals surface area contributed by atoms with Crippen LogP contribution in [-0.4, -0.2) is 44.5 Å².